The van der Waals surface area contributed by atoms with Crippen molar-refractivity contribution in [1.82, 2.24) is 19.7 Å². The molecule has 2 heterocycles. The Labute approximate surface area is 90.3 Å². The Balaban J connectivity index is 1.81. The van der Waals surface area contributed by atoms with Gasteiger partial charge in [-0.1, -0.05) is 6.42 Å². The highest BCUT2D eigenvalue weighted by molar-refractivity contribution is 5.09. The minimum absolute atomic E-state index is 0.368. The van der Waals surface area contributed by atoms with Crippen molar-refractivity contribution in [2.24, 2.45) is 0 Å². The molecule has 1 atom stereocenters. The van der Waals surface area contributed by atoms with Gasteiger partial charge < -0.3 is 10.6 Å². The average Bonchev–Trinajstić information content (AvgIpc) is 2.63. The van der Waals surface area contributed by atoms with Crippen LogP contribution in [0, 0.1) is 0 Å². The lowest BCUT2D eigenvalue weighted by atomic mass is 10.0. The average molecular weight is 209 g/mol. The van der Waals surface area contributed by atoms with Crippen LogP contribution in [0.3, 0.4) is 0 Å². The van der Waals surface area contributed by atoms with E-state index in [0.29, 0.717) is 12.0 Å². The number of anilines is 1. The van der Waals surface area contributed by atoms with Gasteiger partial charge in [-0.25, -0.2) is 4.98 Å². The molecular formula is C10H19N5. The van der Waals surface area contributed by atoms with Crippen molar-refractivity contribution in [3.63, 3.8) is 0 Å². The Kier molecular flexibility index (Phi) is 3.20. The van der Waals surface area contributed by atoms with Gasteiger partial charge in [-0.2, -0.15) is 0 Å². The van der Waals surface area contributed by atoms with Crippen LogP contribution < -0.4 is 5.73 Å². The first-order valence-corrected chi connectivity index (χ1v) is 5.61. The fraction of sp³-hybridized carbons (Fsp3) is 0.800. The van der Waals surface area contributed by atoms with Gasteiger partial charge in [0.15, 0.2) is 0 Å². The lowest BCUT2D eigenvalue weighted by Gasteiger charge is -2.32. The molecule has 0 amide bonds. The zero-order chi connectivity index (χ0) is 10.7. The van der Waals surface area contributed by atoms with Crippen LogP contribution in [0.1, 0.15) is 25.7 Å². The lowest BCUT2D eigenvalue weighted by molar-refractivity contribution is 0.169. The highest BCUT2D eigenvalue weighted by atomic mass is 15.4. The van der Waals surface area contributed by atoms with Crippen LogP contribution >= 0.6 is 0 Å². The number of hydrogen-bond acceptors (Lipinski definition) is 4. The number of rotatable bonds is 3. The molecule has 5 heteroatoms. The highest BCUT2D eigenvalue weighted by Crippen LogP contribution is 2.18. The number of likely N-dealkylation sites (tertiary alicyclic amines) is 1. The standard InChI is InChI=1S/C10H19N5/c1-14-6-3-2-4-9(14)5-7-15-8-12-10(11)13-15/h8-9H,2-7H2,1H3,(H2,11,13). The predicted molar refractivity (Wildman–Crippen MR) is 59.3 cm³/mol. The summed E-state index contributed by atoms with van der Waals surface area (Å²) < 4.78 is 1.83. The Morgan fingerprint density at radius 2 is 2.40 bits per heavy atom. The third kappa shape index (κ3) is 2.68. The van der Waals surface area contributed by atoms with E-state index in [1.54, 1.807) is 6.33 Å². The van der Waals surface area contributed by atoms with Crippen molar-refractivity contribution in [1.29, 1.82) is 0 Å². The fourth-order valence-electron chi connectivity index (χ4n) is 2.21. The van der Waals surface area contributed by atoms with Crippen molar-refractivity contribution in [2.45, 2.75) is 38.3 Å². The zero-order valence-electron chi connectivity index (χ0n) is 9.26. The third-order valence-corrected chi connectivity index (χ3v) is 3.17. The predicted octanol–water partition coefficient (Wildman–Crippen LogP) is 0.735. The summed E-state index contributed by atoms with van der Waals surface area (Å²) >= 11 is 0. The molecule has 1 aliphatic heterocycles. The van der Waals surface area contributed by atoms with Crippen molar-refractivity contribution in [2.75, 3.05) is 19.3 Å². The van der Waals surface area contributed by atoms with Gasteiger partial charge in [-0.05, 0) is 32.9 Å². The number of piperidine rings is 1. The van der Waals surface area contributed by atoms with Crippen LogP contribution in [0.4, 0.5) is 5.95 Å². The molecule has 0 spiro atoms. The van der Waals surface area contributed by atoms with Gasteiger partial charge in [0, 0.05) is 12.6 Å². The molecule has 2 rings (SSSR count). The van der Waals surface area contributed by atoms with Crippen LogP contribution in [-0.4, -0.2) is 39.3 Å². The van der Waals surface area contributed by atoms with E-state index < -0.39 is 0 Å². The molecule has 1 aromatic rings. The monoisotopic (exact) mass is 209 g/mol. The third-order valence-electron chi connectivity index (χ3n) is 3.17. The second kappa shape index (κ2) is 4.61. The van der Waals surface area contributed by atoms with E-state index in [1.165, 1.54) is 25.8 Å². The van der Waals surface area contributed by atoms with E-state index in [1.807, 2.05) is 4.68 Å². The number of nitrogen functional groups attached to an aromatic ring is 1. The van der Waals surface area contributed by atoms with Crippen molar-refractivity contribution in [3.8, 4) is 0 Å². The second-order valence-electron chi connectivity index (χ2n) is 4.28. The fourth-order valence-corrected chi connectivity index (χ4v) is 2.21. The molecule has 0 bridgehead atoms. The van der Waals surface area contributed by atoms with E-state index in [9.17, 15) is 0 Å². The van der Waals surface area contributed by atoms with Crippen LogP contribution in [0.2, 0.25) is 0 Å². The van der Waals surface area contributed by atoms with Gasteiger partial charge in [-0.15, -0.1) is 5.10 Å². The van der Waals surface area contributed by atoms with Crippen molar-refractivity contribution >= 4 is 5.95 Å². The van der Waals surface area contributed by atoms with E-state index in [2.05, 4.69) is 22.0 Å². The minimum Gasteiger partial charge on any atom is -0.367 e. The minimum atomic E-state index is 0.368. The van der Waals surface area contributed by atoms with Gasteiger partial charge >= 0.3 is 0 Å². The maximum absolute atomic E-state index is 5.46. The van der Waals surface area contributed by atoms with E-state index in [0.717, 1.165) is 13.0 Å². The summed E-state index contributed by atoms with van der Waals surface area (Å²) in [4.78, 5) is 6.36. The van der Waals surface area contributed by atoms with Gasteiger partial charge in [0.25, 0.3) is 0 Å². The summed E-state index contributed by atoms with van der Waals surface area (Å²) in [5.41, 5.74) is 5.46. The molecule has 1 saturated heterocycles. The Morgan fingerprint density at radius 3 is 3.07 bits per heavy atom. The lowest BCUT2D eigenvalue weighted by Crippen LogP contribution is -2.36. The molecule has 2 N–H and O–H groups in total. The first-order chi connectivity index (χ1) is 7.25. The topological polar surface area (TPSA) is 60.0 Å². The Morgan fingerprint density at radius 1 is 1.53 bits per heavy atom. The Bertz CT molecular complexity index is 309. The Hall–Kier alpha value is -1.10. The number of nitrogens with two attached hydrogens (primary N) is 1. The largest absolute Gasteiger partial charge is 0.367 e. The van der Waals surface area contributed by atoms with E-state index in [4.69, 9.17) is 5.73 Å². The maximum atomic E-state index is 5.46. The molecule has 84 valence electrons. The number of aromatic nitrogens is 3. The van der Waals surface area contributed by atoms with Gasteiger partial charge in [-0.3, -0.25) is 4.68 Å². The first kappa shape index (κ1) is 10.4. The van der Waals surface area contributed by atoms with E-state index in [-0.39, 0.29) is 0 Å². The maximum Gasteiger partial charge on any atom is 0.239 e. The molecule has 1 aromatic heterocycles. The quantitative estimate of drug-likeness (QED) is 0.797. The van der Waals surface area contributed by atoms with Gasteiger partial charge in [0.1, 0.15) is 6.33 Å². The molecule has 5 nitrogen and oxygen atoms in total. The summed E-state index contributed by atoms with van der Waals surface area (Å²) in [6.45, 7) is 2.14. The number of nitrogens with zero attached hydrogens (tertiary/aromatic N) is 4. The molecular weight excluding hydrogens is 190 g/mol. The van der Waals surface area contributed by atoms with Gasteiger partial charge in [0.2, 0.25) is 5.95 Å². The van der Waals surface area contributed by atoms with Crippen LogP contribution in [0.5, 0.6) is 0 Å². The molecule has 0 radical (unpaired) electrons. The number of aryl methyl sites for hydroxylation is 1. The van der Waals surface area contributed by atoms with E-state index >= 15 is 0 Å². The molecule has 1 aliphatic rings. The molecule has 0 aromatic carbocycles. The number of hydrogen-bond donors (Lipinski definition) is 1. The summed E-state index contributed by atoms with van der Waals surface area (Å²) in [5.74, 6) is 0.368. The summed E-state index contributed by atoms with van der Waals surface area (Å²) in [6, 6.07) is 0.698. The molecule has 0 saturated carbocycles. The van der Waals surface area contributed by atoms with Crippen molar-refractivity contribution < 1.29 is 0 Å². The molecule has 1 fully saturated rings. The molecule has 1 unspecified atom stereocenters. The van der Waals surface area contributed by atoms with Crippen LogP contribution in [0.15, 0.2) is 6.33 Å². The highest BCUT2D eigenvalue weighted by Gasteiger charge is 2.18. The molecule has 15 heavy (non-hydrogen) atoms. The van der Waals surface area contributed by atoms with Crippen LogP contribution in [0.25, 0.3) is 0 Å². The second-order valence-corrected chi connectivity index (χ2v) is 4.28. The van der Waals surface area contributed by atoms with Gasteiger partial charge in [0.05, 0.1) is 0 Å². The summed E-state index contributed by atoms with van der Waals surface area (Å²) in [7, 11) is 2.21. The van der Waals surface area contributed by atoms with Crippen molar-refractivity contribution in [3.05, 3.63) is 6.33 Å². The van der Waals surface area contributed by atoms with Crippen LogP contribution in [-0.2, 0) is 6.54 Å². The molecule has 0 aliphatic carbocycles. The SMILES string of the molecule is CN1CCCCC1CCn1cnc(N)n1. The summed E-state index contributed by atoms with van der Waals surface area (Å²) in [5, 5.41) is 4.08. The zero-order valence-corrected chi connectivity index (χ0v) is 9.26. The first-order valence-electron chi connectivity index (χ1n) is 5.61. The smallest absolute Gasteiger partial charge is 0.239 e. The normalized spacial score (nSPS) is 23.1. The summed E-state index contributed by atoms with van der Waals surface area (Å²) in [6.07, 6.45) is 6.84.